The largest absolute Gasteiger partial charge is 0.481 e. The van der Waals surface area contributed by atoms with E-state index in [0.717, 1.165) is 11.3 Å². The summed E-state index contributed by atoms with van der Waals surface area (Å²) in [6, 6.07) is 3.20. The van der Waals surface area contributed by atoms with Crippen LogP contribution in [0.2, 0.25) is 0 Å². The third kappa shape index (κ3) is 4.64. The van der Waals surface area contributed by atoms with Gasteiger partial charge in [-0.15, -0.1) is 11.3 Å². The molecule has 1 aromatic rings. The minimum atomic E-state index is -0.963. The van der Waals surface area contributed by atoms with Gasteiger partial charge in [0, 0.05) is 13.5 Å². The highest BCUT2D eigenvalue weighted by Crippen LogP contribution is 2.21. The molecule has 1 aromatic heterocycles. The van der Waals surface area contributed by atoms with E-state index < -0.39 is 5.97 Å². The molecule has 0 bridgehead atoms. The molecule has 7 heteroatoms. The molecule has 0 spiro atoms. The lowest BCUT2D eigenvalue weighted by Crippen LogP contribution is -2.25. The van der Waals surface area contributed by atoms with Crippen molar-refractivity contribution in [2.24, 2.45) is 0 Å². The van der Waals surface area contributed by atoms with Crippen molar-refractivity contribution in [2.75, 3.05) is 11.9 Å². The number of hydrogen-bond donors (Lipinski definition) is 3. The van der Waals surface area contributed by atoms with Gasteiger partial charge < -0.3 is 15.7 Å². The van der Waals surface area contributed by atoms with Gasteiger partial charge >= 0.3 is 5.97 Å². The van der Waals surface area contributed by atoms with E-state index in [1.165, 1.54) is 6.92 Å². The molecule has 2 amide bonds. The Morgan fingerprint density at radius 3 is 2.65 bits per heavy atom. The molecule has 0 aromatic carbocycles. The predicted molar refractivity (Wildman–Crippen MR) is 63.2 cm³/mol. The Kier molecular flexibility index (Phi) is 4.65. The third-order valence-corrected chi connectivity index (χ3v) is 2.75. The zero-order valence-corrected chi connectivity index (χ0v) is 9.97. The summed E-state index contributed by atoms with van der Waals surface area (Å²) < 4.78 is 0. The summed E-state index contributed by atoms with van der Waals surface area (Å²) >= 11 is 1.14. The van der Waals surface area contributed by atoms with Crippen LogP contribution in [-0.4, -0.2) is 29.4 Å². The summed E-state index contributed by atoms with van der Waals surface area (Å²) in [5.41, 5.74) is 0. The quantitative estimate of drug-likeness (QED) is 0.729. The maximum absolute atomic E-state index is 11.5. The molecule has 92 valence electrons. The van der Waals surface area contributed by atoms with Crippen molar-refractivity contribution in [2.45, 2.75) is 13.3 Å². The SMILES string of the molecule is CC(=O)Nc1ccc(C(=O)NCCC(=O)O)s1. The Hall–Kier alpha value is -1.89. The first-order valence-corrected chi connectivity index (χ1v) is 5.68. The highest BCUT2D eigenvalue weighted by atomic mass is 32.1. The van der Waals surface area contributed by atoms with Gasteiger partial charge in [-0.25, -0.2) is 0 Å². The van der Waals surface area contributed by atoms with Crippen molar-refractivity contribution in [3.05, 3.63) is 17.0 Å². The monoisotopic (exact) mass is 256 g/mol. The molecule has 0 radical (unpaired) electrons. The summed E-state index contributed by atoms with van der Waals surface area (Å²) in [6.45, 7) is 1.47. The lowest BCUT2D eigenvalue weighted by atomic mass is 10.4. The van der Waals surface area contributed by atoms with Crippen molar-refractivity contribution in [1.29, 1.82) is 0 Å². The van der Waals surface area contributed by atoms with Gasteiger partial charge in [0.25, 0.3) is 5.91 Å². The lowest BCUT2D eigenvalue weighted by Gasteiger charge is -2.00. The maximum Gasteiger partial charge on any atom is 0.305 e. The van der Waals surface area contributed by atoms with Crippen LogP contribution in [0.4, 0.5) is 5.00 Å². The van der Waals surface area contributed by atoms with Crippen LogP contribution in [-0.2, 0) is 9.59 Å². The smallest absolute Gasteiger partial charge is 0.305 e. The molecule has 6 nitrogen and oxygen atoms in total. The number of rotatable bonds is 5. The van der Waals surface area contributed by atoms with Crippen LogP contribution in [0, 0.1) is 0 Å². The number of thiophene rings is 1. The maximum atomic E-state index is 11.5. The number of carboxylic acids is 1. The molecule has 17 heavy (non-hydrogen) atoms. The summed E-state index contributed by atoms with van der Waals surface area (Å²) in [6.07, 6.45) is -0.115. The van der Waals surface area contributed by atoms with E-state index in [4.69, 9.17) is 5.11 Å². The lowest BCUT2D eigenvalue weighted by molar-refractivity contribution is -0.136. The van der Waals surface area contributed by atoms with E-state index in [1.54, 1.807) is 12.1 Å². The average molecular weight is 256 g/mol. The van der Waals surface area contributed by atoms with Gasteiger partial charge in [0.2, 0.25) is 5.91 Å². The van der Waals surface area contributed by atoms with E-state index in [2.05, 4.69) is 10.6 Å². The Morgan fingerprint density at radius 2 is 2.06 bits per heavy atom. The van der Waals surface area contributed by atoms with Gasteiger partial charge in [-0.2, -0.15) is 0 Å². The van der Waals surface area contributed by atoms with E-state index >= 15 is 0 Å². The van der Waals surface area contributed by atoms with Crippen molar-refractivity contribution in [3.63, 3.8) is 0 Å². The highest BCUT2D eigenvalue weighted by molar-refractivity contribution is 7.18. The average Bonchev–Trinajstić information content (AvgIpc) is 2.64. The predicted octanol–water partition coefficient (Wildman–Crippen LogP) is 0.911. The molecule has 0 atom stereocenters. The molecular formula is C10H12N2O4S. The molecule has 0 aliphatic carbocycles. The number of anilines is 1. The standard InChI is InChI=1S/C10H12N2O4S/c1-6(13)12-8-3-2-7(17-8)10(16)11-5-4-9(14)15/h2-3H,4-5H2,1H3,(H,11,16)(H,12,13)(H,14,15). The molecular weight excluding hydrogens is 244 g/mol. The fraction of sp³-hybridized carbons (Fsp3) is 0.300. The van der Waals surface area contributed by atoms with Crippen molar-refractivity contribution < 1.29 is 19.5 Å². The van der Waals surface area contributed by atoms with Crippen LogP contribution >= 0.6 is 11.3 Å². The van der Waals surface area contributed by atoms with Gasteiger partial charge in [-0.3, -0.25) is 14.4 Å². The summed E-state index contributed by atoms with van der Waals surface area (Å²) in [5.74, 6) is -1.51. The molecule has 1 heterocycles. The van der Waals surface area contributed by atoms with Crippen molar-refractivity contribution in [1.82, 2.24) is 5.32 Å². The Balaban J connectivity index is 2.49. The molecule has 0 aliphatic rings. The second-order valence-electron chi connectivity index (χ2n) is 3.24. The number of aliphatic carboxylic acids is 1. The first kappa shape index (κ1) is 13.2. The molecule has 0 saturated heterocycles. The van der Waals surface area contributed by atoms with Crippen LogP contribution in [0.25, 0.3) is 0 Å². The van der Waals surface area contributed by atoms with Crippen LogP contribution in [0.3, 0.4) is 0 Å². The molecule has 0 unspecified atom stereocenters. The molecule has 3 N–H and O–H groups in total. The third-order valence-electron chi connectivity index (χ3n) is 1.75. The fourth-order valence-electron chi connectivity index (χ4n) is 1.07. The second-order valence-corrected chi connectivity index (χ2v) is 4.33. The van der Waals surface area contributed by atoms with Crippen LogP contribution in [0.1, 0.15) is 23.0 Å². The van der Waals surface area contributed by atoms with Crippen molar-refractivity contribution >= 4 is 34.1 Å². The first-order valence-electron chi connectivity index (χ1n) is 4.86. The number of carboxylic acid groups (broad SMARTS) is 1. The van der Waals surface area contributed by atoms with E-state index in [-0.39, 0.29) is 24.8 Å². The number of nitrogens with one attached hydrogen (secondary N) is 2. The Bertz CT molecular complexity index is 441. The topological polar surface area (TPSA) is 95.5 Å². The first-order chi connectivity index (χ1) is 7.99. The number of carbonyl (C=O) groups is 3. The van der Waals surface area contributed by atoms with E-state index in [1.807, 2.05) is 0 Å². The summed E-state index contributed by atoms with van der Waals surface area (Å²) in [4.78, 5) is 33.0. The highest BCUT2D eigenvalue weighted by Gasteiger charge is 2.09. The normalized spacial score (nSPS) is 9.71. The summed E-state index contributed by atoms with van der Waals surface area (Å²) in [5, 5.41) is 14.0. The van der Waals surface area contributed by atoms with E-state index in [9.17, 15) is 14.4 Å². The van der Waals surface area contributed by atoms with E-state index in [0.29, 0.717) is 9.88 Å². The second kappa shape index (κ2) is 6.00. The van der Waals surface area contributed by atoms with Gasteiger partial charge in [0.05, 0.1) is 16.3 Å². The molecule has 0 aliphatic heterocycles. The zero-order valence-electron chi connectivity index (χ0n) is 9.15. The van der Waals surface area contributed by atoms with Crippen LogP contribution in [0.15, 0.2) is 12.1 Å². The van der Waals surface area contributed by atoms with Gasteiger partial charge in [-0.05, 0) is 12.1 Å². The van der Waals surface area contributed by atoms with Gasteiger partial charge in [0.15, 0.2) is 0 Å². The molecule has 0 saturated carbocycles. The number of carbonyl (C=O) groups excluding carboxylic acids is 2. The molecule has 0 fully saturated rings. The van der Waals surface area contributed by atoms with Crippen molar-refractivity contribution in [3.8, 4) is 0 Å². The fourth-order valence-corrected chi connectivity index (χ4v) is 1.94. The van der Waals surface area contributed by atoms with Crippen LogP contribution in [0.5, 0.6) is 0 Å². The minimum Gasteiger partial charge on any atom is -0.481 e. The number of amides is 2. The Labute approximate surface area is 102 Å². The van der Waals surface area contributed by atoms with Gasteiger partial charge in [-0.1, -0.05) is 0 Å². The Morgan fingerprint density at radius 1 is 1.35 bits per heavy atom. The number of hydrogen-bond acceptors (Lipinski definition) is 4. The molecule has 1 rings (SSSR count). The van der Waals surface area contributed by atoms with Gasteiger partial charge in [0.1, 0.15) is 0 Å². The summed E-state index contributed by atoms with van der Waals surface area (Å²) in [7, 11) is 0. The van der Waals surface area contributed by atoms with Crippen LogP contribution < -0.4 is 10.6 Å². The minimum absolute atomic E-state index is 0.0849. The zero-order chi connectivity index (χ0) is 12.8.